The fraction of sp³-hybridized carbons (Fsp3) is 0.600. The van der Waals surface area contributed by atoms with Crippen molar-refractivity contribution >= 4 is 0 Å². The summed E-state index contributed by atoms with van der Waals surface area (Å²) in [5.41, 5.74) is 2.71. The monoisotopic (exact) mass is 248 g/mol. The largest absolute Gasteiger partial charge is 0.379 e. The number of ether oxygens (including phenoxy) is 1. The van der Waals surface area contributed by atoms with E-state index >= 15 is 0 Å². The first kappa shape index (κ1) is 13.5. The molecule has 1 fully saturated rings. The van der Waals surface area contributed by atoms with Crippen LogP contribution in [-0.4, -0.2) is 44.3 Å². The minimum absolute atomic E-state index is 0.527. The van der Waals surface area contributed by atoms with Gasteiger partial charge in [0, 0.05) is 19.1 Å². The Morgan fingerprint density at radius 1 is 1.33 bits per heavy atom. The molecule has 1 aromatic rings. The zero-order chi connectivity index (χ0) is 12.8. The molecule has 0 aliphatic carbocycles. The molecule has 18 heavy (non-hydrogen) atoms. The highest BCUT2D eigenvalue weighted by Crippen LogP contribution is 2.07. The van der Waals surface area contributed by atoms with E-state index < -0.39 is 0 Å². The van der Waals surface area contributed by atoms with Gasteiger partial charge in [-0.3, -0.25) is 0 Å². The van der Waals surface area contributed by atoms with E-state index in [0.717, 1.165) is 39.3 Å². The van der Waals surface area contributed by atoms with Crippen LogP contribution in [0.15, 0.2) is 24.3 Å². The van der Waals surface area contributed by atoms with Gasteiger partial charge in [-0.15, -0.1) is 0 Å². The summed E-state index contributed by atoms with van der Waals surface area (Å²) in [6, 6.07) is 9.32. The maximum Gasteiger partial charge on any atom is 0.0620 e. The van der Waals surface area contributed by atoms with Crippen molar-refractivity contribution in [2.24, 2.45) is 0 Å². The lowest BCUT2D eigenvalue weighted by molar-refractivity contribution is 0.0708. The second kappa shape index (κ2) is 6.88. The molecule has 1 aliphatic heterocycles. The summed E-state index contributed by atoms with van der Waals surface area (Å²) in [7, 11) is 2.18. The first-order chi connectivity index (χ1) is 8.74. The van der Waals surface area contributed by atoms with E-state index in [-0.39, 0.29) is 0 Å². The third-order valence-electron chi connectivity index (χ3n) is 3.43. The number of hydrogen-bond acceptors (Lipinski definition) is 3. The summed E-state index contributed by atoms with van der Waals surface area (Å²) in [5, 5.41) is 3.49. The second-order valence-corrected chi connectivity index (χ2v) is 5.24. The highest BCUT2D eigenvalue weighted by Gasteiger charge is 2.13. The summed E-state index contributed by atoms with van der Waals surface area (Å²) in [4.78, 5) is 2.38. The van der Waals surface area contributed by atoms with Gasteiger partial charge in [-0.1, -0.05) is 29.8 Å². The molecule has 0 spiro atoms. The van der Waals surface area contributed by atoms with E-state index in [1.54, 1.807) is 0 Å². The number of aryl methyl sites for hydroxylation is 1. The Labute approximate surface area is 110 Å². The lowest BCUT2D eigenvalue weighted by Crippen LogP contribution is -2.42. The van der Waals surface area contributed by atoms with Crippen LogP contribution in [0.3, 0.4) is 0 Å². The lowest BCUT2D eigenvalue weighted by Gasteiger charge is -2.26. The van der Waals surface area contributed by atoms with Gasteiger partial charge in [0.05, 0.1) is 13.2 Å². The fourth-order valence-corrected chi connectivity index (χ4v) is 2.27. The van der Waals surface area contributed by atoms with E-state index in [0.29, 0.717) is 6.04 Å². The first-order valence-corrected chi connectivity index (χ1v) is 6.79. The van der Waals surface area contributed by atoms with Crippen LogP contribution >= 0.6 is 0 Å². The molecule has 1 saturated heterocycles. The molecule has 1 unspecified atom stereocenters. The molecule has 1 aliphatic rings. The molecule has 0 aromatic heterocycles. The molecule has 1 atom stereocenters. The second-order valence-electron chi connectivity index (χ2n) is 5.24. The summed E-state index contributed by atoms with van der Waals surface area (Å²) >= 11 is 0. The normalized spacial score (nSPS) is 20.3. The average Bonchev–Trinajstić information content (AvgIpc) is 2.40. The van der Waals surface area contributed by atoms with Crippen LogP contribution in [0.4, 0.5) is 0 Å². The van der Waals surface area contributed by atoms with Gasteiger partial charge in [0.1, 0.15) is 0 Å². The highest BCUT2D eigenvalue weighted by molar-refractivity contribution is 5.21. The smallest absolute Gasteiger partial charge is 0.0620 e. The number of benzene rings is 1. The molecule has 0 bridgehead atoms. The molecule has 1 heterocycles. The number of nitrogens with one attached hydrogen (secondary N) is 1. The summed E-state index contributed by atoms with van der Waals surface area (Å²) in [5.74, 6) is 0. The predicted molar refractivity (Wildman–Crippen MR) is 74.7 cm³/mol. The third kappa shape index (κ3) is 4.41. The molecule has 0 amide bonds. The van der Waals surface area contributed by atoms with E-state index in [1.807, 2.05) is 0 Å². The Kier molecular flexibility index (Phi) is 5.17. The Hall–Kier alpha value is -0.900. The van der Waals surface area contributed by atoms with Crippen molar-refractivity contribution < 1.29 is 4.74 Å². The molecule has 0 saturated carbocycles. The van der Waals surface area contributed by atoms with Gasteiger partial charge < -0.3 is 15.0 Å². The van der Waals surface area contributed by atoms with Gasteiger partial charge in [-0.05, 0) is 32.5 Å². The molecular weight excluding hydrogens is 224 g/mol. The Morgan fingerprint density at radius 2 is 2.11 bits per heavy atom. The maximum atomic E-state index is 5.46. The van der Waals surface area contributed by atoms with Crippen molar-refractivity contribution in [3.8, 4) is 0 Å². The zero-order valence-electron chi connectivity index (χ0n) is 11.5. The van der Waals surface area contributed by atoms with Gasteiger partial charge in [0.2, 0.25) is 0 Å². The van der Waals surface area contributed by atoms with Gasteiger partial charge in [-0.25, -0.2) is 0 Å². The fourth-order valence-electron chi connectivity index (χ4n) is 2.27. The molecule has 100 valence electrons. The SMILES string of the molecule is Cc1ccc(CN(C)CCC2COCCN2)cc1. The number of hydrogen-bond donors (Lipinski definition) is 1. The van der Waals surface area contributed by atoms with Crippen molar-refractivity contribution in [3.63, 3.8) is 0 Å². The van der Waals surface area contributed by atoms with Crippen LogP contribution in [0.25, 0.3) is 0 Å². The summed E-state index contributed by atoms with van der Waals surface area (Å²) in [6.07, 6.45) is 1.16. The zero-order valence-corrected chi connectivity index (χ0v) is 11.5. The highest BCUT2D eigenvalue weighted by atomic mass is 16.5. The minimum atomic E-state index is 0.527. The Balaban J connectivity index is 1.71. The van der Waals surface area contributed by atoms with Crippen LogP contribution < -0.4 is 5.32 Å². The predicted octanol–water partition coefficient (Wildman–Crippen LogP) is 1.81. The quantitative estimate of drug-likeness (QED) is 0.860. The Bertz CT molecular complexity index is 344. The van der Waals surface area contributed by atoms with E-state index in [9.17, 15) is 0 Å². The molecule has 1 aromatic carbocycles. The van der Waals surface area contributed by atoms with Gasteiger partial charge in [0.15, 0.2) is 0 Å². The van der Waals surface area contributed by atoms with Crippen molar-refractivity contribution in [2.45, 2.75) is 25.9 Å². The van der Waals surface area contributed by atoms with Crippen molar-refractivity contribution in [1.82, 2.24) is 10.2 Å². The molecule has 0 radical (unpaired) electrons. The van der Waals surface area contributed by atoms with E-state index in [2.05, 4.69) is 48.5 Å². The first-order valence-electron chi connectivity index (χ1n) is 6.79. The summed E-state index contributed by atoms with van der Waals surface area (Å²) < 4.78 is 5.46. The third-order valence-corrected chi connectivity index (χ3v) is 3.43. The molecule has 2 rings (SSSR count). The van der Waals surface area contributed by atoms with Crippen LogP contribution in [0.1, 0.15) is 17.5 Å². The molecular formula is C15H24N2O. The maximum absolute atomic E-state index is 5.46. The number of rotatable bonds is 5. The van der Waals surface area contributed by atoms with Crippen LogP contribution in [0.5, 0.6) is 0 Å². The van der Waals surface area contributed by atoms with Gasteiger partial charge >= 0.3 is 0 Å². The van der Waals surface area contributed by atoms with E-state index in [1.165, 1.54) is 11.1 Å². The van der Waals surface area contributed by atoms with Crippen molar-refractivity contribution in [2.75, 3.05) is 33.4 Å². The summed E-state index contributed by atoms with van der Waals surface area (Å²) in [6.45, 7) is 6.96. The average molecular weight is 248 g/mol. The number of morpholine rings is 1. The van der Waals surface area contributed by atoms with Crippen molar-refractivity contribution in [3.05, 3.63) is 35.4 Å². The van der Waals surface area contributed by atoms with Crippen LogP contribution in [0.2, 0.25) is 0 Å². The van der Waals surface area contributed by atoms with Gasteiger partial charge in [0.25, 0.3) is 0 Å². The topological polar surface area (TPSA) is 24.5 Å². The molecule has 3 heteroatoms. The van der Waals surface area contributed by atoms with Crippen molar-refractivity contribution in [1.29, 1.82) is 0 Å². The molecule has 1 N–H and O–H groups in total. The standard InChI is InChI=1S/C15H24N2O/c1-13-3-5-14(6-4-13)11-17(2)9-7-15-12-18-10-8-16-15/h3-6,15-16H,7-12H2,1-2H3. The van der Waals surface area contributed by atoms with Crippen LogP contribution in [-0.2, 0) is 11.3 Å². The van der Waals surface area contributed by atoms with Crippen LogP contribution in [0, 0.1) is 6.92 Å². The lowest BCUT2D eigenvalue weighted by atomic mass is 10.1. The van der Waals surface area contributed by atoms with Gasteiger partial charge in [-0.2, -0.15) is 0 Å². The number of nitrogens with zero attached hydrogens (tertiary/aromatic N) is 1. The van der Waals surface area contributed by atoms with E-state index in [4.69, 9.17) is 4.74 Å². The minimum Gasteiger partial charge on any atom is -0.379 e. The Morgan fingerprint density at radius 3 is 2.78 bits per heavy atom. The molecule has 3 nitrogen and oxygen atoms in total.